The number of carbonyl (C=O) groups is 1. The Bertz CT molecular complexity index is 1030. The number of carbonyl (C=O) groups excluding carboxylic acids is 1. The molecular weight excluding hydrogens is 381 g/mol. The molecule has 0 aliphatic carbocycles. The summed E-state index contributed by atoms with van der Waals surface area (Å²) in [6.45, 7) is 4.01. The number of nitrogens with one attached hydrogen (secondary N) is 1. The van der Waals surface area contributed by atoms with Crippen LogP contribution >= 0.6 is 34.5 Å². The fourth-order valence-corrected chi connectivity index (χ4v) is 3.91. The van der Waals surface area contributed by atoms with Gasteiger partial charge in [-0.2, -0.15) is 0 Å². The minimum Gasteiger partial charge on any atom is -0.350 e. The molecule has 0 fully saturated rings. The van der Waals surface area contributed by atoms with Crippen molar-refractivity contribution in [3.8, 4) is 0 Å². The second kappa shape index (κ2) is 7.15. The van der Waals surface area contributed by atoms with Crippen molar-refractivity contribution in [3.63, 3.8) is 0 Å². The topological polar surface area (TPSA) is 64.0 Å². The number of amides is 1. The molecule has 25 heavy (non-hydrogen) atoms. The highest BCUT2D eigenvalue weighted by atomic mass is 35.5. The van der Waals surface area contributed by atoms with Crippen LogP contribution in [0.3, 0.4) is 0 Å². The van der Waals surface area contributed by atoms with Gasteiger partial charge in [0.2, 0.25) is 5.91 Å². The summed E-state index contributed by atoms with van der Waals surface area (Å²) >= 11 is 13.4. The van der Waals surface area contributed by atoms with E-state index in [1.807, 2.05) is 13.8 Å². The summed E-state index contributed by atoms with van der Waals surface area (Å²) in [4.78, 5) is 30.8. The molecule has 3 rings (SSSR count). The average Bonchev–Trinajstić information content (AvgIpc) is 2.85. The Morgan fingerprint density at radius 3 is 2.80 bits per heavy atom. The van der Waals surface area contributed by atoms with Gasteiger partial charge in [0.05, 0.1) is 11.7 Å². The number of thiophene rings is 1. The zero-order valence-corrected chi connectivity index (χ0v) is 15.9. The van der Waals surface area contributed by atoms with Gasteiger partial charge in [0.25, 0.3) is 5.56 Å². The number of rotatable bonds is 4. The number of nitrogens with zero attached hydrogens (tertiary/aromatic N) is 2. The van der Waals surface area contributed by atoms with E-state index >= 15 is 0 Å². The molecule has 0 atom stereocenters. The van der Waals surface area contributed by atoms with Gasteiger partial charge in [-0.05, 0) is 37.1 Å². The van der Waals surface area contributed by atoms with Crippen molar-refractivity contribution in [3.05, 3.63) is 60.9 Å². The second-order valence-corrected chi connectivity index (χ2v) is 7.70. The zero-order valence-electron chi connectivity index (χ0n) is 13.6. The Morgan fingerprint density at radius 2 is 2.08 bits per heavy atom. The third-order valence-corrected chi connectivity index (χ3v) is 5.66. The molecule has 130 valence electrons. The fraction of sp³-hybridized carbons (Fsp3) is 0.235. The maximum Gasteiger partial charge on any atom is 0.262 e. The Balaban J connectivity index is 1.75. The molecule has 0 unspecified atom stereocenters. The van der Waals surface area contributed by atoms with Crippen molar-refractivity contribution in [1.82, 2.24) is 14.9 Å². The number of halogens is 2. The Labute approximate surface area is 158 Å². The summed E-state index contributed by atoms with van der Waals surface area (Å²) in [5.41, 5.74) is 1.47. The molecule has 0 aliphatic heterocycles. The number of fused-ring (bicyclic) bond motifs is 1. The van der Waals surface area contributed by atoms with Crippen molar-refractivity contribution >= 4 is 50.7 Å². The van der Waals surface area contributed by atoms with Gasteiger partial charge in [0.15, 0.2) is 0 Å². The van der Waals surface area contributed by atoms with Crippen LogP contribution in [0.5, 0.6) is 0 Å². The standard InChI is InChI=1S/C17H15Cl2N3O2S/c1-9-10(2)25-16-15(9)17(24)22(8-21-16)7-14(23)20-6-11-3-4-12(18)5-13(11)19/h3-5,8H,6-7H2,1-2H3,(H,20,23). The van der Waals surface area contributed by atoms with Crippen molar-refractivity contribution in [2.75, 3.05) is 0 Å². The molecule has 1 aromatic carbocycles. The lowest BCUT2D eigenvalue weighted by Gasteiger charge is -2.09. The Morgan fingerprint density at radius 1 is 1.32 bits per heavy atom. The molecule has 0 bridgehead atoms. The van der Waals surface area contributed by atoms with Crippen LogP contribution in [0, 0.1) is 13.8 Å². The van der Waals surface area contributed by atoms with E-state index in [0.29, 0.717) is 20.3 Å². The summed E-state index contributed by atoms with van der Waals surface area (Å²) in [5.74, 6) is -0.293. The first-order valence-corrected chi connectivity index (χ1v) is 9.10. The van der Waals surface area contributed by atoms with Gasteiger partial charge in [-0.3, -0.25) is 14.2 Å². The maximum atomic E-state index is 12.6. The van der Waals surface area contributed by atoms with E-state index in [-0.39, 0.29) is 24.6 Å². The lowest BCUT2D eigenvalue weighted by atomic mass is 10.2. The molecule has 2 heterocycles. The molecule has 0 saturated heterocycles. The second-order valence-electron chi connectivity index (χ2n) is 5.65. The van der Waals surface area contributed by atoms with Crippen LogP contribution in [0.4, 0.5) is 0 Å². The highest BCUT2D eigenvalue weighted by molar-refractivity contribution is 7.18. The number of benzene rings is 1. The third kappa shape index (κ3) is 3.71. The first kappa shape index (κ1) is 17.9. The van der Waals surface area contributed by atoms with E-state index in [0.717, 1.165) is 16.0 Å². The van der Waals surface area contributed by atoms with Crippen LogP contribution in [0.25, 0.3) is 10.2 Å². The molecule has 1 N–H and O–H groups in total. The lowest BCUT2D eigenvalue weighted by molar-refractivity contribution is -0.121. The molecule has 0 spiro atoms. The smallest absolute Gasteiger partial charge is 0.262 e. The quantitative estimate of drug-likeness (QED) is 0.732. The molecular formula is C17H15Cl2N3O2S. The van der Waals surface area contributed by atoms with E-state index in [2.05, 4.69) is 10.3 Å². The maximum absolute atomic E-state index is 12.6. The molecule has 0 radical (unpaired) electrons. The van der Waals surface area contributed by atoms with Crippen molar-refractivity contribution in [2.24, 2.45) is 0 Å². The van der Waals surface area contributed by atoms with Gasteiger partial charge in [0, 0.05) is 21.5 Å². The summed E-state index contributed by atoms with van der Waals surface area (Å²) < 4.78 is 1.32. The van der Waals surface area contributed by atoms with E-state index < -0.39 is 0 Å². The average molecular weight is 396 g/mol. The van der Waals surface area contributed by atoms with E-state index in [1.165, 1.54) is 22.2 Å². The van der Waals surface area contributed by atoms with Crippen LogP contribution in [-0.4, -0.2) is 15.5 Å². The highest BCUT2D eigenvalue weighted by Crippen LogP contribution is 2.25. The van der Waals surface area contributed by atoms with Crippen LogP contribution in [0.1, 0.15) is 16.0 Å². The number of aromatic nitrogens is 2. The Hall–Kier alpha value is -1.89. The zero-order chi connectivity index (χ0) is 18.1. The highest BCUT2D eigenvalue weighted by Gasteiger charge is 2.13. The van der Waals surface area contributed by atoms with Gasteiger partial charge in [-0.25, -0.2) is 4.98 Å². The van der Waals surface area contributed by atoms with Crippen molar-refractivity contribution in [1.29, 1.82) is 0 Å². The number of aryl methyl sites for hydroxylation is 2. The molecule has 3 aromatic rings. The van der Waals surface area contributed by atoms with E-state index in [9.17, 15) is 9.59 Å². The van der Waals surface area contributed by atoms with Crippen molar-refractivity contribution < 1.29 is 4.79 Å². The minimum atomic E-state index is -0.293. The minimum absolute atomic E-state index is 0.0959. The van der Waals surface area contributed by atoms with Crippen LogP contribution < -0.4 is 10.9 Å². The van der Waals surface area contributed by atoms with Gasteiger partial charge in [-0.15, -0.1) is 11.3 Å². The molecule has 2 aromatic heterocycles. The summed E-state index contributed by atoms with van der Waals surface area (Å²) in [5, 5.41) is 4.35. The number of hydrogen-bond acceptors (Lipinski definition) is 4. The molecule has 0 saturated carbocycles. The number of hydrogen-bond donors (Lipinski definition) is 1. The predicted octanol–water partition coefficient (Wildman–Crippen LogP) is 3.70. The first-order valence-electron chi connectivity index (χ1n) is 7.52. The largest absolute Gasteiger partial charge is 0.350 e. The van der Waals surface area contributed by atoms with Gasteiger partial charge < -0.3 is 5.32 Å². The fourth-order valence-electron chi connectivity index (χ4n) is 2.45. The van der Waals surface area contributed by atoms with Crippen LogP contribution in [0.2, 0.25) is 10.0 Å². The van der Waals surface area contributed by atoms with Gasteiger partial charge in [-0.1, -0.05) is 29.3 Å². The van der Waals surface area contributed by atoms with Gasteiger partial charge >= 0.3 is 0 Å². The molecule has 5 nitrogen and oxygen atoms in total. The van der Waals surface area contributed by atoms with E-state index in [4.69, 9.17) is 23.2 Å². The van der Waals surface area contributed by atoms with Gasteiger partial charge in [0.1, 0.15) is 11.4 Å². The van der Waals surface area contributed by atoms with Crippen LogP contribution in [-0.2, 0) is 17.9 Å². The SMILES string of the molecule is Cc1sc2ncn(CC(=O)NCc3ccc(Cl)cc3Cl)c(=O)c2c1C. The molecule has 0 aliphatic rings. The monoisotopic (exact) mass is 395 g/mol. The first-order chi connectivity index (χ1) is 11.9. The third-order valence-electron chi connectivity index (χ3n) is 3.96. The molecule has 8 heteroatoms. The summed E-state index contributed by atoms with van der Waals surface area (Å²) in [6.07, 6.45) is 1.41. The van der Waals surface area contributed by atoms with Crippen LogP contribution in [0.15, 0.2) is 29.3 Å². The predicted molar refractivity (Wildman–Crippen MR) is 102 cm³/mol. The summed E-state index contributed by atoms with van der Waals surface area (Å²) in [7, 11) is 0. The van der Waals surface area contributed by atoms with E-state index in [1.54, 1.807) is 18.2 Å². The summed E-state index contributed by atoms with van der Waals surface area (Å²) in [6, 6.07) is 5.08. The Kier molecular flexibility index (Phi) is 5.13. The lowest BCUT2D eigenvalue weighted by Crippen LogP contribution is -2.32. The molecule has 1 amide bonds. The van der Waals surface area contributed by atoms with Crippen molar-refractivity contribution in [2.45, 2.75) is 26.9 Å². The normalized spacial score (nSPS) is 11.0.